The molecule has 2 aromatic heterocycles. The number of aldehydes is 1. The number of methoxy groups -OCH3 is 1. The number of para-hydroxylation sites is 1. The van der Waals surface area contributed by atoms with Gasteiger partial charge >= 0.3 is 5.97 Å². The van der Waals surface area contributed by atoms with Crippen LogP contribution in [0.1, 0.15) is 74.3 Å². The average Bonchev–Trinajstić information content (AvgIpc) is 3.44. The van der Waals surface area contributed by atoms with Crippen molar-refractivity contribution in [2.45, 2.75) is 83.8 Å². The number of H-pyrrole nitrogens is 1. The predicted octanol–water partition coefficient (Wildman–Crippen LogP) is 4.89. The molecule has 0 spiro atoms. The first-order chi connectivity index (χ1) is 23.2. The van der Waals surface area contributed by atoms with Gasteiger partial charge in [0.25, 0.3) is 11.5 Å². The van der Waals surface area contributed by atoms with Gasteiger partial charge in [-0.3, -0.25) is 14.4 Å². The third-order valence-corrected chi connectivity index (χ3v) is 9.77. The summed E-state index contributed by atoms with van der Waals surface area (Å²) in [6.45, 7) is 4.01. The van der Waals surface area contributed by atoms with Gasteiger partial charge in [0.2, 0.25) is 5.91 Å². The summed E-state index contributed by atoms with van der Waals surface area (Å²) in [4.78, 5) is 63.8. The number of allylic oxidation sites excluding steroid dienone is 1. The van der Waals surface area contributed by atoms with Crippen LogP contribution < -0.4 is 21.5 Å². The lowest BCUT2D eigenvalue weighted by molar-refractivity contribution is -0.134. The summed E-state index contributed by atoms with van der Waals surface area (Å²) in [5.74, 6) is 1.41. The summed E-state index contributed by atoms with van der Waals surface area (Å²) in [6, 6.07) is 10.2. The number of pyridine rings is 1. The van der Waals surface area contributed by atoms with Gasteiger partial charge in [0.15, 0.2) is 0 Å². The van der Waals surface area contributed by atoms with E-state index in [4.69, 9.17) is 0 Å². The number of aromatic nitrogens is 2. The fourth-order valence-electron chi connectivity index (χ4n) is 7.32. The highest BCUT2D eigenvalue weighted by Crippen LogP contribution is 2.43. The summed E-state index contributed by atoms with van der Waals surface area (Å²) < 4.78 is 5.71. The van der Waals surface area contributed by atoms with Crippen molar-refractivity contribution in [1.29, 1.82) is 0 Å². The molecule has 4 N–H and O–H groups in total. The molecule has 2 amide bonds. The Morgan fingerprint density at radius 3 is 2.62 bits per heavy atom. The predicted molar refractivity (Wildman–Crippen MR) is 187 cm³/mol. The molecule has 2 aliphatic carbocycles. The number of aromatic amines is 1. The van der Waals surface area contributed by atoms with Crippen LogP contribution >= 0.6 is 0 Å². The first-order valence-corrected chi connectivity index (χ1v) is 16.9. The highest BCUT2D eigenvalue weighted by atomic mass is 16.5. The van der Waals surface area contributed by atoms with E-state index in [0.29, 0.717) is 12.0 Å². The number of benzene rings is 1. The van der Waals surface area contributed by atoms with Crippen LogP contribution in [0.2, 0.25) is 0 Å². The largest absolute Gasteiger partial charge is 0.466 e. The van der Waals surface area contributed by atoms with Gasteiger partial charge in [-0.1, -0.05) is 50.5 Å². The van der Waals surface area contributed by atoms with E-state index < -0.39 is 29.4 Å². The lowest BCUT2D eigenvalue weighted by Crippen LogP contribution is -2.46. The highest BCUT2D eigenvalue weighted by Gasteiger charge is 2.37. The molecule has 4 unspecified atom stereocenters. The summed E-state index contributed by atoms with van der Waals surface area (Å²) in [7, 11) is 3.41. The Hall–Kier alpha value is -4.51. The molecule has 11 heteroatoms. The monoisotopic (exact) mass is 659 g/mol. The van der Waals surface area contributed by atoms with Crippen molar-refractivity contribution in [3.63, 3.8) is 0 Å². The van der Waals surface area contributed by atoms with Crippen LogP contribution in [0, 0.1) is 24.7 Å². The Kier molecular flexibility index (Phi) is 13.3. The summed E-state index contributed by atoms with van der Waals surface area (Å²) in [5, 5.41) is 9.71. The molecule has 2 saturated carbocycles. The van der Waals surface area contributed by atoms with Gasteiger partial charge in [0.1, 0.15) is 23.7 Å². The number of rotatable bonds is 12. The lowest BCUT2D eigenvalue weighted by Gasteiger charge is -2.45. The number of nitrogens with zero attached hydrogens (tertiary/aromatic N) is 1. The maximum Gasteiger partial charge on any atom is 0.330 e. The summed E-state index contributed by atoms with van der Waals surface area (Å²) in [6.07, 6.45) is 14.1. The van der Waals surface area contributed by atoms with Crippen molar-refractivity contribution in [2.24, 2.45) is 17.8 Å². The zero-order chi connectivity index (χ0) is 34.6. The van der Waals surface area contributed by atoms with Crippen molar-refractivity contribution in [2.75, 3.05) is 19.5 Å². The second-order valence-corrected chi connectivity index (χ2v) is 12.7. The van der Waals surface area contributed by atoms with E-state index in [-0.39, 0.29) is 25.1 Å². The Morgan fingerprint density at radius 2 is 1.92 bits per heavy atom. The minimum absolute atomic E-state index is 0.0227. The molecule has 2 bridgehead atoms. The zero-order valence-corrected chi connectivity index (χ0v) is 28.4. The Morgan fingerprint density at radius 1 is 1.12 bits per heavy atom. The minimum Gasteiger partial charge on any atom is -0.466 e. The molecule has 2 aliphatic rings. The van der Waals surface area contributed by atoms with Crippen molar-refractivity contribution >= 4 is 40.7 Å². The van der Waals surface area contributed by atoms with Crippen LogP contribution in [0.25, 0.3) is 10.9 Å². The maximum atomic E-state index is 13.1. The number of hydrogen-bond acceptors (Lipinski definition) is 7. The van der Waals surface area contributed by atoms with Crippen LogP contribution in [0.4, 0.5) is 5.69 Å². The topological polar surface area (TPSA) is 151 Å². The second kappa shape index (κ2) is 17.6. The van der Waals surface area contributed by atoms with E-state index in [2.05, 4.69) is 39.6 Å². The van der Waals surface area contributed by atoms with Crippen molar-refractivity contribution in [3.05, 3.63) is 76.4 Å². The molecule has 2 fully saturated rings. The van der Waals surface area contributed by atoms with Crippen LogP contribution in [0.3, 0.4) is 0 Å². The smallest absolute Gasteiger partial charge is 0.330 e. The average molecular weight is 660 g/mol. The Balaban J connectivity index is 0.000000331. The van der Waals surface area contributed by atoms with E-state index in [1.165, 1.54) is 76.1 Å². The first-order valence-electron chi connectivity index (χ1n) is 16.9. The molecular formula is C37H49N5O6. The third-order valence-electron chi connectivity index (χ3n) is 9.77. The number of nitrogens with one attached hydrogen (secondary N) is 4. The van der Waals surface area contributed by atoms with Crippen LogP contribution in [0.5, 0.6) is 0 Å². The van der Waals surface area contributed by atoms with Gasteiger partial charge in [-0.15, -0.1) is 0 Å². The zero-order valence-electron chi connectivity index (χ0n) is 28.4. The number of amides is 2. The second-order valence-electron chi connectivity index (χ2n) is 12.7. The van der Waals surface area contributed by atoms with E-state index in [1.807, 2.05) is 24.3 Å². The Bertz CT molecular complexity index is 1660. The quantitative estimate of drug-likeness (QED) is 0.123. The minimum atomic E-state index is -1.02. The number of aryl methyl sites for hydroxylation is 1. The number of carbonyl (C=O) groups is 4. The van der Waals surface area contributed by atoms with Gasteiger partial charge in [-0.25, -0.2) is 4.79 Å². The van der Waals surface area contributed by atoms with Gasteiger partial charge in [0.05, 0.1) is 13.7 Å². The molecule has 0 radical (unpaired) electrons. The molecule has 11 nitrogen and oxygen atoms in total. The van der Waals surface area contributed by atoms with Gasteiger partial charge in [-0.05, 0) is 87.6 Å². The summed E-state index contributed by atoms with van der Waals surface area (Å²) in [5.41, 5.74) is 1.28. The number of fused-ring (bicyclic) bond motifs is 3. The maximum absolute atomic E-state index is 13.1. The van der Waals surface area contributed by atoms with E-state index in [0.717, 1.165) is 44.8 Å². The number of anilines is 1. The fourth-order valence-corrected chi connectivity index (χ4v) is 7.32. The number of carbonyl (C=O) groups excluding carboxylic acids is 4. The van der Waals surface area contributed by atoms with Crippen LogP contribution in [0.15, 0.2) is 59.5 Å². The van der Waals surface area contributed by atoms with Crippen molar-refractivity contribution < 1.29 is 23.9 Å². The SMILES string of the molecule is CCC1CC2CCCC(C2)C1NC.COC(=O)/C=C/CC[C@H](NC(=O)c1[nH]c2ccccc2c1C)C(=O)Nc1cccn(CC=O)c1=O. The van der Waals surface area contributed by atoms with Crippen molar-refractivity contribution in [1.82, 2.24) is 20.2 Å². The first kappa shape index (κ1) is 36.3. The molecule has 2 heterocycles. The lowest BCUT2D eigenvalue weighted by atomic mass is 9.64. The normalized spacial score (nSPS) is 20.8. The van der Waals surface area contributed by atoms with Gasteiger partial charge < -0.3 is 35.0 Å². The van der Waals surface area contributed by atoms with Crippen LogP contribution in [-0.4, -0.2) is 59.9 Å². The molecule has 1 aromatic carbocycles. The molecule has 258 valence electrons. The number of ether oxygens (including phenoxy) is 1. The third kappa shape index (κ3) is 9.09. The standard InChI is InChI=1S/C25H26N4O6.C12H23N/c1-16-17-8-3-4-9-18(17)26-22(16)24(33)27-19(10-5-6-12-21(31)35-2)23(32)28-20-11-7-13-29(14-15-30)25(20)34;1-3-10-7-9-5-4-6-11(8-9)12(10)13-2/h3-4,6-9,11-13,15,19,26H,5,10,14H2,1-2H3,(H,27,33)(H,28,32);9-13H,3-8H2,1-2H3/b12-6+;/t19-;/m0./s1. The van der Waals surface area contributed by atoms with E-state index in [9.17, 15) is 24.0 Å². The van der Waals surface area contributed by atoms with Crippen LogP contribution in [-0.2, 0) is 25.7 Å². The molecule has 5 rings (SSSR count). The molecule has 48 heavy (non-hydrogen) atoms. The molecule has 0 aliphatic heterocycles. The number of esters is 1. The molecule has 0 saturated heterocycles. The number of hydrogen-bond donors (Lipinski definition) is 4. The van der Waals surface area contributed by atoms with E-state index >= 15 is 0 Å². The highest BCUT2D eigenvalue weighted by molar-refractivity contribution is 6.04. The van der Waals surface area contributed by atoms with Gasteiger partial charge in [0, 0.05) is 29.2 Å². The Labute approximate surface area is 281 Å². The van der Waals surface area contributed by atoms with Crippen molar-refractivity contribution in [3.8, 4) is 0 Å². The fraction of sp³-hybridized carbons (Fsp3) is 0.486. The summed E-state index contributed by atoms with van der Waals surface area (Å²) >= 11 is 0. The molecule has 3 aromatic rings. The van der Waals surface area contributed by atoms with Gasteiger partial charge in [-0.2, -0.15) is 0 Å². The van der Waals surface area contributed by atoms with E-state index in [1.54, 1.807) is 6.92 Å². The molecular weight excluding hydrogens is 610 g/mol. The molecule has 5 atom stereocenters.